The summed E-state index contributed by atoms with van der Waals surface area (Å²) in [7, 11) is -1.23. The zero-order chi connectivity index (χ0) is 17.6. The molecule has 0 amide bonds. The quantitative estimate of drug-likeness (QED) is 0.625. The zero-order valence-electron chi connectivity index (χ0n) is 13.7. The fourth-order valence-corrected chi connectivity index (χ4v) is 2.22. The van der Waals surface area contributed by atoms with Gasteiger partial charge in [0.15, 0.2) is 0 Å². The van der Waals surface area contributed by atoms with Crippen LogP contribution >= 0.6 is 0 Å². The minimum Gasteiger partial charge on any atom is -0.494 e. The van der Waals surface area contributed by atoms with Gasteiger partial charge in [0.2, 0.25) is 0 Å². The van der Waals surface area contributed by atoms with E-state index >= 15 is 0 Å². The van der Waals surface area contributed by atoms with Crippen molar-refractivity contribution in [2.24, 2.45) is 0 Å². The molecule has 0 aliphatic carbocycles. The van der Waals surface area contributed by atoms with E-state index < -0.39 is 35.9 Å². The molecule has 128 valence electrons. The molecule has 0 bridgehead atoms. The number of ether oxygens (including phenoxy) is 1. The zero-order valence-corrected chi connectivity index (χ0v) is 13.7. The van der Waals surface area contributed by atoms with E-state index in [1.54, 1.807) is 34.6 Å². The summed E-state index contributed by atoms with van der Waals surface area (Å²) in [5.41, 5.74) is -3.29. The van der Waals surface area contributed by atoms with Gasteiger partial charge in [0.1, 0.15) is 11.6 Å². The van der Waals surface area contributed by atoms with E-state index in [-0.39, 0.29) is 17.8 Å². The average Bonchev–Trinajstić information content (AvgIpc) is 2.59. The van der Waals surface area contributed by atoms with Crippen LogP contribution < -0.4 is 10.2 Å². The highest BCUT2D eigenvalue weighted by molar-refractivity contribution is 6.62. The van der Waals surface area contributed by atoms with Crippen LogP contribution in [0.2, 0.25) is 0 Å². The van der Waals surface area contributed by atoms with Crippen LogP contribution in [0.3, 0.4) is 0 Å². The SMILES string of the molecule is CCOc1cc(B2OC(C)(C)C(C)(C)O2)c(F)c(C(F)(F)F)c1. The molecular formula is C15H19BF4O3. The lowest BCUT2D eigenvalue weighted by molar-refractivity contribution is -0.140. The molecular weight excluding hydrogens is 315 g/mol. The highest BCUT2D eigenvalue weighted by Crippen LogP contribution is 2.38. The van der Waals surface area contributed by atoms with Crippen molar-refractivity contribution in [3.8, 4) is 5.75 Å². The normalized spacial score (nSPS) is 20.0. The molecule has 0 saturated carbocycles. The van der Waals surface area contributed by atoms with E-state index in [1.807, 2.05) is 0 Å². The molecule has 3 nitrogen and oxygen atoms in total. The molecule has 1 saturated heterocycles. The second-order valence-corrected chi connectivity index (χ2v) is 6.39. The summed E-state index contributed by atoms with van der Waals surface area (Å²) >= 11 is 0. The second-order valence-electron chi connectivity index (χ2n) is 6.39. The van der Waals surface area contributed by atoms with Crippen molar-refractivity contribution in [1.82, 2.24) is 0 Å². The fourth-order valence-electron chi connectivity index (χ4n) is 2.22. The molecule has 0 unspecified atom stereocenters. The number of alkyl halides is 3. The van der Waals surface area contributed by atoms with Crippen LogP contribution in [0.4, 0.5) is 17.6 Å². The summed E-state index contributed by atoms with van der Waals surface area (Å²) in [6.45, 7) is 8.74. The molecule has 1 aliphatic rings. The summed E-state index contributed by atoms with van der Waals surface area (Å²) in [5, 5.41) is 0. The van der Waals surface area contributed by atoms with Crippen molar-refractivity contribution in [2.45, 2.75) is 52.0 Å². The molecule has 23 heavy (non-hydrogen) atoms. The van der Waals surface area contributed by atoms with Gasteiger partial charge in [-0.2, -0.15) is 13.2 Å². The Hall–Kier alpha value is -1.28. The number of halogens is 4. The van der Waals surface area contributed by atoms with Gasteiger partial charge in [0.05, 0.1) is 23.4 Å². The van der Waals surface area contributed by atoms with Gasteiger partial charge in [-0.3, -0.25) is 0 Å². The van der Waals surface area contributed by atoms with E-state index in [0.29, 0.717) is 6.07 Å². The first kappa shape index (κ1) is 18.1. The molecule has 8 heteroatoms. The molecule has 1 aliphatic heterocycles. The Balaban J connectivity index is 2.52. The minimum absolute atomic E-state index is 0.0778. The molecule has 1 aromatic rings. The molecule has 1 fully saturated rings. The van der Waals surface area contributed by atoms with Gasteiger partial charge in [0, 0.05) is 5.46 Å². The Morgan fingerprint density at radius 2 is 1.61 bits per heavy atom. The van der Waals surface area contributed by atoms with Crippen LogP contribution in [-0.4, -0.2) is 24.9 Å². The number of benzene rings is 1. The lowest BCUT2D eigenvalue weighted by atomic mass is 9.77. The maximum Gasteiger partial charge on any atom is 0.498 e. The van der Waals surface area contributed by atoms with Crippen LogP contribution in [-0.2, 0) is 15.5 Å². The van der Waals surface area contributed by atoms with Crippen LogP contribution in [0.5, 0.6) is 5.75 Å². The molecule has 0 N–H and O–H groups in total. The van der Waals surface area contributed by atoms with E-state index in [1.165, 1.54) is 6.07 Å². The van der Waals surface area contributed by atoms with Crippen molar-refractivity contribution >= 4 is 12.6 Å². The second kappa shape index (κ2) is 5.67. The Morgan fingerprint density at radius 3 is 2.04 bits per heavy atom. The molecule has 2 rings (SSSR count). The first-order chi connectivity index (χ1) is 10.4. The molecule has 1 heterocycles. The Kier molecular flexibility index (Phi) is 4.45. The summed E-state index contributed by atoms with van der Waals surface area (Å²) in [6, 6.07) is 1.84. The van der Waals surface area contributed by atoms with Crippen molar-refractivity contribution in [2.75, 3.05) is 6.61 Å². The van der Waals surface area contributed by atoms with E-state index in [4.69, 9.17) is 14.0 Å². The summed E-state index contributed by atoms with van der Waals surface area (Å²) in [5.74, 6) is -1.48. The monoisotopic (exact) mass is 334 g/mol. The first-order valence-electron chi connectivity index (χ1n) is 7.28. The third-order valence-electron chi connectivity index (χ3n) is 4.20. The van der Waals surface area contributed by atoms with Gasteiger partial charge < -0.3 is 14.0 Å². The highest BCUT2D eigenvalue weighted by Gasteiger charge is 2.53. The molecule has 0 atom stereocenters. The van der Waals surface area contributed by atoms with Crippen molar-refractivity contribution in [1.29, 1.82) is 0 Å². The van der Waals surface area contributed by atoms with E-state index in [0.717, 1.165) is 0 Å². The molecule has 1 aromatic carbocycles. The summed E-state index contributed by atoms with van der Waals surface area (Å²) in [4.78, 5) is 0. The third-order valence-corrected chi connectivity index (χ3v) is 4.20. The summed E-state index contributed by atoms with van der Waals surface area (Å²) in [6.07, 6.45) is -4.84. The average molecular weight is 334 g/mol. The number of hydrogen-bond donors (Lipinski definition) is 0. The Bertz CT molecular complexity index is 583. The Morgan fingerprint density at radius 1 is 1.09 bits per heavy atom. The lowest BCUT2D eigenvalue weighted by Gasteiger charge is -2.32. The maximum absolute atomic E-state index is 14.4. The van der Waals surface area contributed by atoms with Gasteiger partial charge in [-0.25, -0.2) is 4.39 Å². The fraction of sp³-hybridized carbons (Fsp3) is 0.600. The largest absolute Gasteiger partial charge is 0.498 e. The molecule has 0 spiro atoms. The lowest BCUT2D eigenvalue weighted by Crippen LogP contribution is -2.41. The smallest absolute Gasteiger partial charge is 0.494 e. The van der Waals surface area contributed by atoms with Gasteiger partial charge in [-0.1, -0.05) is 0 Å². The predicted molar refractivity (Wildman–Crippen MR) is 78.3 cm³/mol. The van der Waals surface area contributed by atoms with Gasteiger partial charge in [0.25, 0.3) is 0 Å². The highest BCUT2D eigenvalue weighted by atomic mass is 19.4. The standard InChI is InChI=1S/C15H19BF4O3/c1-6-21-9-7-10(15(18,19)20)12(17)11(8-9)16-22-13(2,3)14(4,5)23-16/h7-8H,6H2,1-5H3. The molecule has 0 aromatic heterocycles. The van der Waals surface area contributed by atoms with Crippen LogP contribution in [0, 0.1) is 5.82 Å². The van der Waals surface area contributed by atoms with Crippen molar-refractivity contribution < 1.29 is 31.6 Å². The topological polar surface area (TPSA) is 27.7 Å². The van der Waals surface area contributed by atoms with E-state index in [2.05, 4.69) is 0 Å². The van der Waals surface area contributed by atoms with Crippen LogP contribution in [0.15, 0.2) is 12.1 Å². The number of hydrogen-bond acceptors (Lipinski definition) is 3. The van der Waals surface area contributed by atoms with Crippen molar-refractivity contribution in [3.05, 3.63) is 23.5 Å². The third kappa shape index (κ3) is 3.33. The summed E-state index contributed by atoms with van der Waals surface area (Å²) < 4.78 is 70.0. The van der Waals surface area contributed by atoms with E-state index in [9.17, 15) is 17.6 Å². The van der Waals surface area contributed by atoms with Crippen LogP contribution in [0.1, 0.15) is 40.2 Å². The van der Waals surface area contributed by atoms with Gasteiger partial charge >= 0.3 is 13.3 Å². The number of rotatable bonds is 3. The predicted octanol–water partition coefficient (Wildman–Crippen LogP) is 3.54. The minimum atomic E-state index is -4.84. The van der Waals surface area contributed by atoms with Crippen LogP contribution in [0.25, 0.3) is 0 Å². The molecule has 0 radical (unpaired) electrons. The van der Waals surface area contributed by atoms with Crippen molar-refractivity contribution in [3.63, 3.8) is 0 Å². The first-order valence-corrected chi connectivity index (χ1v) is 7.28. The van der Waals surface area contributed by atoms with Gasteiger partial charge in [-0.15, -0.1) is 0 Å². The Labute approximate surface area is 133 Å². The maximum atomic E-state index is 14.4. The van der Waals surface area contributed by atoms with Gasteiger partial charge in [-0.05, 0) is 46.8 Å².